The lowest BCUT2D eigenvalue weighted by Gasteiger charge is -2.23. The average molecular weight is 279 g/mol. The summed E-state index contributed by atoms with van der Waals surface area (Å²) in [6.07, 6.45) is 1.38. The van der Waals surface area contributed by atoms with Gasteiger partial charge in [0.05, 0.1) is 5.56 Å². The Hall–Kier alpha value is -2.11. The molecule has 0 radical (unpaired) electrons. The van der Waals surface area contributed by atoms with Gasteiger partial charge in [0, 0.05) is 26.3 Å². The number of carbonyl (C=O) groups excluding carboxylic acids is 2. The molecule has 6 heteroatoms. The Morgan fingerprint density at radius 1 is 1.45 bits per heavy atom. The molecule has 2 N–H and O–H groups in total. The maximum Gasteiger partial charge on any atom is 0.254 e. The van der Waals surface area contributed by atoms with Crippen molar-refractivity contribution in [3.05, 3.63) is 29.6 Å². The lowest BCUT2D eigenvalue weighted by Crippen LogP contribution is -2.50. The number of anilines is 1. The number of rotatable bonds is 3. The maximum atomic E-state index is 13.9. The van der Waals surface area contributed by atoms with Crippen LogP contribution in [0.1, 0.15) is 23.2 Å². The van der Waals surface area contributed by atoms with Crippen LogP contribution < -0.4 is 15.5 Å². The fourth-order valence-corrected chi connectivity index (χ4v) is 2.11. The molecule has 2 rings (SSSR count). The van der Waals surface area contributed by atoms with Crippen LogP contribution in [-0.4, -0.2) is 38.5 Å². The topological polar surface area (TPSA) is 61.4 Å². The molecule has 2 amide bonds. The Morgan fingerprint density at radius 2 is 2.20 bits per heavy atom. The van der Waals surface area contributed by atoms with Crippen LogP contribution in [0, 0.1) is 5.82 Å². The summed E-state index contributed by atoms with van der Waals surface area (Å²) in [5.41, 5.74) is 0.628. The third-order valence-electron chi connectivity index (χ3n) is 3.30. The van der Waals surface area contributed by atoms with Gasteiger partial charge in [-0.3, -0.25) is 9.59 Å². The fraction of sp³-hybridized carbons (Fsp3) is 0.429. The highest BCUT2D eigenvalue weighted by molar-refractivity contribution is 5.98. The van der Waals surface area contributed by atoms with Crippen LogP contribution >= 0.6 is 0 Å². The molecule has 0 aromatic heterocycles. The van der Waals surface area contributed by atoms with Crippen molar-refractivity contribution < 1.29 is 14.0 Å². The number of amides is 2. The third kappa shape index (κ3) is 3.07. The first-order valence-electron chi connectivity index (χ1n) is 6.54. The summed E-state index contributed by atoms with van der Waals surface area (Å²) in [5, 5.41) is 5.24. The predicted octanol–water partition coefficient (Wildman–Crippen LogP) is 0.900. The van der Waals surface area contributed by atoms with Crippen molar-refractivity contribution in [1.82, 2.24) is 10.6 Å². The van der Waals surface area contributed by atoms with Crippen molar-refractivity contribution >= 4 is 17.5 Å². The number of halogens is 1. The van der Waals surface area contributed by atoms with Crippen molar-refractivity contribution in [1.29, 1.82) is 0 Å². The van der Waals surface area contributed by atoms with Crippen LogP contribution in [0.2, 0.25) is 0 Å². The quantitative estimate of drug-likeness (QED) is 0.864. The Bertz CT molecular complexity index is 531. The van der Waals surface area contributed by atoms with E-state index < -0.39 is 17.8 Å². The lowest BCUT2D eigenvalue weighted by atomic mass is 10.1. The normalized spacial score (nSPS) is 18.4. The highest BCUT2D eigenvalue weighted by Gasteiger charge is 2.25. The van der Waals surface area contributed by atoms with Crippen LogP contribution in [0.15, 0.2) is 18.2 Å². The molecule has 1 aromatic carbocycles. The number of piperidine rings is 1. The summed E-state index contributed by atoms with van der Waals surface area (Å²) < 4.78 is 13.9. The van der Waals surface area contributed by atoms with E-state index in [1.54, 1.807) is 25.1 Å². The molecule has 1 aliphatic rings. The molecule has 108 valence electrons. The van der Waals surface area contributed by atoms with Gasteiger partial charge in [0.1, 0.15) is 11.9 Å². The molecule has 0 bridgehead atoms. The zero-order valence-electron chi connectivity index (χ0n) is 11.6. The first kappa shape index (κ1) is 14.3. The zero-order valence-corrected chi connectivity index (χ0v) is 11.6. The molecule has 1 heterocycles. The van der Waals surface area contributed by atoms with Crippen molar-refractivity contribution in [2.75, 3.05) is 25.5 Å². The second-order valence-electron chi connectivity index (χ2n) is 5.02. The van der Waals surface area contributed by atoms with Crippen molar-refractivity contribution in [3.63, 3.8) is 0 Å². The summed E-state index contributed by atoms with van der Waals surface area (Å²) in [6.45, 7) is 0.622. The minimum atomic E-state index is -0.593. The van der Waals surface area contributed by atoms with Gasteiger partial charge in [-0.25, -0.2) is 4.39 Å². The number of benzene rings is 1. The third-order valence-corrected chi connectivity index (χ3v) is 3.30. The van der Waals surface area contributed by atoms with Gasteiger partial charge in [0.15, 0.2) is 0 Å². The Morgan fingerprint density at radius 3 is 2.80 bits per heavy atom. The van der Waals surface area contributed by atoms with E-state index in [-0.39, 0.29) is 11.5 Å². The first-order chi connectivity index (χ1) is 9.49. The summed E-state index contributed by atoms with van der Waals surface area (Å²) >= 11 is 0. The van der Waals surface area contributed by atoms with Crippen LogP contribution in [0.5, 0.6) is 0 Å². The second kappa shape index (κ2) is 5.90. The van der Waals surface area contributed by atoms with E-state index in [0.717, 1.165) is 6.42 Å². The number of nitrogens with zero attached hydrogens (tertiary/aromatic N) is 1. The monoisotopic (exact) mass is 279 g/mol. The molecule has 0 saturated carbocycles. The van der Waals surface area contributed by atoms with Crippen molar-refractivity contribution in [3.8, 4) is 0 Å². The Kier molecular flexibility index (Phi) is 4.22. The molecule has 0 aliphatic carbocycles. The van der Waals surface area contributed by atoms with E-state index >= 15 is 0 Å². The van der Waals surface area contributed by atoms with E-state index in [1.165, 1.54) is 12.1 Å². The lowest BCUT2D eigenvalue weighted by molar-refractivity contribution is -0.124. The molecule has 1 aliphatic heterocycles. The van der Waals surface area contributed by atoms with Gasteiger partial charge in [-0.05, 0) is 31.0 Å². The van der Waals surface area contributed by atoms with Crippen molar-refractivity contribution in [2.24, 2.45) is 0 Å². The molecule has 20 heavy (non-hydrogen) atoms. The van der Waals surface area contributed by atoms with E-state index in [2.05, 4.69) is 10.6 Å². The SMILES string of the molecule is CN(C)c1ccc(C(=O)N[C@H]2CCCNC2=O)c(F)c1. The summed E-state index contributed by atoms with van der Waals surface area (Å²) in [4.78, 5) is 25.3. The summed E-state index contributed by atoms with van der Waals surface area (Å²) in [5.74, 6) is -1.37. The standard InChI is InChI=1S/C14H18FN3O2/c1-18(2)9-5-6-10(11(15)8-9)13(19)17-12-4-3-7-16-14(12)20/h5-6,8,12H,3-4,7H2,1-2H3,(H,16,20)(H,17,19)/t12-/m0/s1. The molecule has 0 spiro atoms. The first-order valence-corrected chi connectivity index (χ1v) is 6.54. The van der Waals surface area contributed by atoms with Crippen LogP contribution in [-0.2, 0) is 4.79 Å². The van der Waals surface area contributed by atoms with Gasteiger partial charge in [0.2, 0.25) is 5.91 Å². The molecule has 1 fully saturated rings. The van der Waals surface area contributed by atoms with E-state index in [4.69, 9.17) is 0 Å². The molecule has 1 saturated heterocycles. The molecule has 0 unspecified atom stereocenters. The van der Waals surface area contributed by atoms with E-state index in [9.17, 15) is 14.0 Å². The van der Waals surface area contributed by atoms with E-state index in [0.29, 0.717) is 18.7 Å². The number of nitrogens with one attached hydrogen (secondary N) is 2. The number of hydrogen-bond acceptors (Lipinski definition) is 3. The predicted molar refractivity (Wildman–Crippen MR) is 74.2 cm³/mol. The van der Waals surface area contributed by atoms with Gasteiger partial charge in [-0.2, -0.15) is 0 Å². The molecule has 1 aromatic rings. The van der Waals surface area contributed by atoms with Gasteiger partial charge in [-0.1, -0.05) is 0 Å². The smallest absolute Gasteiger partial charge is 0.254 e. The maximum absolute atomic E-state index is 13.9. The highest BCUT2D eigenvalue weighted by Crippen LogP contribution is 2.17. The minimum absolute atomic E-state index is 0.0472. The average Bonchev–Trinajstić information content (AvgIpc) is 2.41. The Labute approximate surface area is 117 Å². The number of carbonyl (C=O) groups is 2. The van der Waals surface area contributed by atoms with Crippen LogP contribution in [0.25, 0.3) is 0 Å². The molecule has 5 nitrogen and oxygen atoms in total. The second-order valence-corrected chi connectivity index (χ2v) is 5.02. The number of hydrogen-bond donors (Lipinski definition) is 2. The largest absolute Gasteiger partial charge is 0.378 e. The van der Waals surface area contributed by atoms with Crippen LogP contribution in [0.3, 0.4) is 0 Å². The minimum Gasteiger partial charge on any atom is -0.378 e. The fourth-order valence-electron chi connectivity index (χ4n) is 2.11. The Balaban J connectivity index is 2.11. The van der Waals surface area contributed by atoms with Gasteiger partial charge >= 0.3 is 0 Å². The zero-order chi connectivity index (χ0) is 14.7. The van der Waals surface area contributed by atoms with Gasteiger partial charge in [0.25, 0.3) is 5.91 Å². The molecular weight excluding hydrogens is 261 g/mol. The molecule has 1 atom stereocenters. The van der Waals surface area contributed by atoms with Gasteiger partial charge < -0.3 is 15.5 Å². The highest BCUT2D eigenvalue weighted by atomic mass is 19.1. The van der Waals surface area contributed by atoms with E-state index in [1.807, 2.05) is 0 Å². The van der Waals surface area contributed by atoms with Gasteiger partial charge in [-0.15, -0.1) is 0 Å². The molecular formula is C14H18FN3O2. The van der Waals surface area contributed by atoms with Crippen LogP contribution in [0.4, 0.5) is 10.1 Å². The van der Waals surface area contributed by atoms with Crippen molar-refractivity contribution in [2.45, 2.75) is 18.9 Å². The summed E-state index contributed by atoms with van der Waals surface area (Å²) in [6, 6.07) is 3.82. The summed E-state index contributed by atoms with van der Waals surface area (Å²) in [7, 11) is 3.59.